The molecule has 0 bridgehead atoms. The number of hydrogen-bond donors (Lipinski definition) is 2. The van der Waals surface area contributed by atoms with E-state index in [1.54, 1.807) is 0 Å². The third kappa shape index (κ3) is 3.26. The molecule has 16 heavy (non-hydrogen) atoms. The first-order chi connectivity index (χ1) is 7.58. The van der Waals surface area contributed by atoms with Gasteiger partial charge in [-0.25, -0.2) is 9.78 Å². The van der Waals surface area contributed by atoms with E-state index in [1.807, 2.05) is 6.92 Å². The second-order valence-electron chi connectivity index (χ2n) is 3.49. The predicted molar refractivity (Wildman–Crippen MR) is 61.8 cm³/mol. The maximum Gasteiger partial charge on any atom is 0.347 e. The van der Waals surface area contributed by atoms with E-state index in [0.717, 1.165) is 11.4 Å². The van der Waals surface area contributed by atoms with Crippen LogP contribution in [-0.2, 0) is 17.8 Å². The number of thiazole rings is 1. The molecule has 90 valence electrons. The summed E-state index contributed by atoms with van der Waals surface area (Å²) in [5, 5.41) is 9.74. The molecule has 1 heterocycles. The summed E-state index contributed by atoms with van der Waals surface area (Å²) in [6.45, 7) is 2.21. The summed E-state index contributed by atoms with van der Waals surface area (Å²) >= 11 is 1.18. The quantitative estimate of drug-likeness (QED) is 0.787. The monoisotopic (exact) mass is 244 g/mol. The Labute approximate surface area is 98.3 Å². The Morgan fingerprint density at radius 2 is 2.38 bits per heavy atom. The number of carboxylic acid groups (broad SMARTS) is 1. The molecular formula is C10H16N2O3S. The number of hydrogen-bond acceptors (Lipinski definition) is 5. The second-order valence-corrected chi connectivity index (χ2v) is 4.58. The number of nitrogens with zero attached hydrogens (tertiary/aromatic N) is 1. The number of aromatic carboxylic acids is 1. The third-order valence-corrected chi connectivity index (χ3v) is 3.29. The molecule has 6 heteroatoms. The Kier molecular flexibility index (Phi) is 4.85. The summed E-state index contributed by atoms with van der Waals surface area (Å²) in [6.07, 6.45) is 1.47. The molecule has 1 aromatic heterocycles. The summed E-state index contributed by atoms with van der Waals surface area (Å²) in [7, 11) is 1.52. The zero-order chi connectivity index (χ0) is 12.1. The Balaban J connectivity index is 2.87. The molecule has 0 radical (unpaired) electrons. The van der Waals surface area contributed by atoms with Crippen molar-refractivity contribution in [3.05, 3.63) is 15.6 Å². The maximum atomic E-state index is 10.9. The highest BCUT2D eigenvalue weighted by Crippen LogP contribution is 2.20. The Bertz CT molecular complexity index is 365. The Morgan fingerprint density at radius 3 is 2.88 bits per heavy atom. The van der Waals surface area contributed by atoms with Crippen LogP contribution in [0.3, 0.4) is 0 Å². The first-order valence-corrected chi connectivity index (χ1v) is 5.86. The third-order valence-electron chi connectivity index (χ3n) is 2.18. The summed E-state index contributed by atoms with van der Waals surface area (Å²) in [5.74, 6) is -0.958. The van der Waals surface area contributed by atoms with Gasteiger partial charge in [0, 0.05) is 19.6 Å². The van der Waals surface area contributed by atoms with E-state index in [1.165, 1.54) is 18.4 Å². The number of ether oxygens (including phenoxy) is 1. The van der Waals surface area contributed by atoms with Crippen molar-refractivity contribution in [2.75, 3.05) is 7.11 Å². The minimum Gasteiger partial charge on any atom is -0.477 e. The van der Waals surface area contributed by atoms with Gasteiger partial charge in [-0.2, -0.15) is 0 Å². The molecule has 0 aliphatic rings. The summed E-state index contributed by atoms with van der Waals surface area (Å²) in [4.78, 5) is 15.4. The van der Waals surface area contributed by atoms with Gasteiger partial charge in [-0.05, 0) is 6.42 Å². The first kappa shape index (κ1) is 13.1. The van der Waals surface area contributed by atoms with Crippen molar-refractivity contribution >= 4 is 17.3 Å². The molecule has 1 aromatic rings. The SMILES string of the molecule is CCC(N)Cc1nc(COC)c(C(=O)O)s1. The first-order valence-electron chi connectivity index (χ1n) is 5.04. The lowest BCUT2D eigenvalue weighted by Gasteiger charge is -2.04. The molecule has 0 amide bonds. The van der Waals surface area contributed by atoms with Crippen LogP contribution in [0.5, 0.6) is 0 Å². The molecule has 0 spiro atoms. The van der Waals surface area contributed by atoms with Crippen LogP contribution in [-0.4, -0.2) is 29.2 Å². The highest BCUT2D eigenvalue weighted by molar-refractivity contribution is 7.13. The molecule has 0 saturated carbocycles. The van der Waals surface area contributed by atoms with E-state index in [2.05, 4.69) is 4.98 Å². The van der Waals surface area contributed by atoms with Gasteiger partial charge in [-0.1, -0.05) is 6.92 Å². The van der Waals surface area contributed by atoms with Crippen molar-refractivity contribution in [1.82, 2.24) is 4.98 Å². The average molecular weight is 244 g/mol. The lowest BCUT2D eigenvalue weighted by Crippen LogP contribution is -2.21. The zero-order valence-electron chi connectivity index (χ0n) is 9.40. The number of carbonyl (C=O) groups is 1. The molecule has 0 saturated heterocycles. The van der Waals surface area contributed by atoms with Gasteiger partial charge in [0.05, 0.1) is 17.3 Å². The number of methoxy groups -OCH3 is 1. The lowest BCUT2D eigenvalue weighted by atomic mass is 10.2. The van der Waals surface area contributed by atoms with E-state index < -0.39 is 5.97 Å². The standard InChI is InChI=1S/C10H16N2O3S/c1-3-6(11)4-8-12-7(5-15-2)9(16-8)10(13)14/h6H,3-5,11H2,1-2H3,(H,13,14). The van der Waals surface area contributed by atoms with Crippen molar-refractivity contribution in [2.24, 2.45) is 5.73 Å². The molecule has 0 aromatic carbocycles. The molecular weight excluding hydrogens is 228 g/mol. The van der Waals surface area contributed by atoms with E-state index in [0.29, 0.717) is 12.1 Å². The molecule has 1 unspecified atom stereocenters. The molecule has 0 aliphatic heterocycles. The summed E-state index contributed by atoms with van der Waals surface area (Å²) in [5.41, 5.74) is 6.29. The van der Waals surface area contributed by atoms with Crippen LogP contribution in [0.15, 0.2) is 0 Å². The van der Waals surface area contributed by atoms with E-state index >= 15 is 0 Å². The normalized spacial score (nSPS) is 12.7. The molecule has 0 fully saturated rings. The molecule has 3 N–H and O–H groups in total. The average Bonchev–Trinajstić information content (AvgIpc) is 2.61. The van der Waals surface area contributed by atoms with Gasteiger partial charge in [0.2, 0.25) is 0 Å². The van der Waals surface area contributed by atoms with Crippen molar-refractivity contribution in [2.45, 2.75) is 32.4 Å². The van der Waals surface area contributed by atoms with E-state index in [4.69, 9.17) is 15.6 Å². The maximum absolute atomic E-state index is 10.9. The van der Waals surface area contributed by atoms with Gasteiger partial charge in [0.15, 0.2) is 0 Å². The van der Waals surface area contributed by atoms with Gasteiger partial charge in [0.25, 0.3) is 0 Å². The highest BCUT2D eigenvalue weighted by atomic mass is 32.1. The van der Waals surface area contributed by atoms with Gasteiger partial charge in [-0.15, -0.1) is 11.3 Å². The lowest BCUT2D eigenvalue weighted by molar-refractivity contribution is 0.0697. The van der Waals surface area contributed by atoms with Crippen LogP contribution in [0.4, 0.5) is 0 Å². The largest absolute Gasteiger partial charge is 0.477 e. The van der Waals surface area contributed by atoms with Crippen LogP contribution < -0.4 is 5.73 Å². The fourth-order valence-corrected chi connectivity index (χ4v) is 2.26. The van der Waals surface area contributed by atoms with Crippen molar-refractivity contribution in [1.29, 1.82) is 0 Å². The molecule has 1 atom stereocenters. The van der Waals surface area contributed by atoms with Crippen LogP contribution in [0, 0.1) is 0 Å². The highest BCUT2D eigenvalue weighted by Gasteiger charge is 2.17. The van der Waals surface area contributed by atoms with Gasteiger partial charge in [-0.3, -0.25) is 0 Å². The van der Waals surface area contributed by atoms with E-state index in [9.17, 15) is 4.79 Å². The van der Waals surface area contributed by atoms with Gasteiger partial charge >= 0.3 is 5.97 Å². The summed E-state index contributed by atoms with van der Waals surface area (Å²) < 4.78 is 4.91. The van der Waals surface area contributed by atoms with Crippen molar-refractivity contribution < 1.29 is 14.6 Å². The number of carboxylic acids is 1. The van der Waals surface area contributed by atoms with Crippen LogP contribution in [0.2, 0.25) is 0 Å². The van der Waals surface area contributed by atoms with Crippen LogP contribution in [0.1, 0.15) is 33.7 Å². The van der Waals surface area contributed by atoms with Gasteiger partial charge < -0.3 is 15.6 Å². The number of nitrogens with two attached hydrogens (primary N) is 1. The molecule has 0 aliphatic carbocycles. The molecule has 1 rings (SSSR count). The smallest absolute Gasteiger partial charge is 0.347 e. The number of rotatable bonds is 6. The second kappa shape index (κ2) is 5.93. The van der Waals surface area contributed by atoms with Crippen LogP contribution in [0.25, 0.3) is 0 Å². The predicted octanol–water partition coefficient (Wildman–Crippen LogP) is 1.27. The van der Waals surface area contributed by atoms with Crippen LogP contribution >= 0.6 is 11.3 Å². The summed E-state index contributed by atoms with van der Waals surface area (Å²) in [6, 6.07) is 0.0307. The van der Waals surface area contributed by atoms with Crippen molar-refractivity contribution in [3.8, 4) is 0 Å². The van der Waals surface area contributed by atoms with Crippen molar-refractivity contribution in [3.63, 3.8) is 0 Å². The Hall–Kier alpha value is -0.980. The fraction of sp³-hybridized carbons (Fsp3) is 0.600. The molecule has 5 nitrogen and oxygen atoms in total. The fourth-order valence-electron chi connectivity index (χ4n) is 1.26. The zero-order valence-corrected chi connectivity index (χ0v) is 10.2. The minimum atomic E-state index is -0.958. The minimum absolute atomic E-state index is 0.0307. The Morgan fingerprint density at radius 1 is 1.69 bits per heavy atom. The topological polar surface area (TPSA) is 85.4 Å². The number of aromatic nitrogens is 1. The van der Waals surface area contributed by atoms with Gasteiger partial charge in [0.1, 0.15) is 4.88 Å². The van der Waals surface area contributed by atoms with E-state index in [-0.39, 0.29) is 17.5 Å².